The molecule has 0 saturated carbocycles. The molecule has 5 rings (SSSR count). The number of benzene rings is 3. The number of non-ortho nitro benzene ring substituents is 1. The molecule has 1 N–H and O–H groups in total. The van der Waals surface area contributed by atoms with Gasteiger partial charge in [0.05, 0.1) is 26.5 Å². The number of rotatable bonds is 9. The topological polar surface area (TPSA) is 183 Å². The first-order chi connectivity index (χ1) is 20.4. The van der Waals surface area contributed by atoms with Crippen LogP contribution in [0.1, 0.15) is 21.5 Å². The number of sulfone groups is 1. The van der Waals surface area contributed by atoms with Gasteiger partial charge in [0.2, 0.25) is 19.9 Å². The van der Waals surface area contributed by atoms with Gasteiger partial charge in [-0.05, 0) is 47.9 Å². The number of fused-ring (bicyclic) bond motifs is 1. The van der Waals surface area contributed by atoms with Gasteiger partial charge in [-0.3, -0.25) is 20.2 Å². The second kappa shape index (κ2) is 12.0. The van der Waals surface area contributed by atoms with E-state index in [0.29, 0.717) is 24.3 Å². The lowest BCUT2D eigenvalue weighted by atomic mass is 10.0. The predicted octanol–water partition coefficient (Wildman–Crippen LogP) is 3.43. The number of nitro benzene ring substituents is 1. The fourth-order valence-electron chi connectivity index (χ4n) is 4.28. The number of anilines is 1. The van der Waals surface area contributed by atoms with Gasteiger partial charge in [0.1, 0.15) is 4.21 Å². The van der Waals surface area contributed by atoms with E-state index in [1.165, 1.54) is 28.6 Å². The van der Waals surface area contributed by atoms with E-state index < -0.39 is 43.3 Å². The normalized spacial score (nSPS) is 13.6. The Morgan fingerprint density at radius 2 is 1.70 bits per heavy atom. The quantitative estimate of drug-likeness (QED) is 0.161. The molecule has 3 aromatic carbocycles. The summed E-state index contributed by atoms with van der Waals surface area (Å²) in [5.41, 5.74) is 1.66. The molecular formula is C27H22N4O9S3. The number of hydrogen-bond acceptors (Lipinski definition) is 11. The monoisotopic (exact) mass is 642 g/mol. The molecule has 2 heterocycles. The summed E-state index contributed by atoms with van der Waals surface area (Å²) in [7, 11) is -7.96. The number of amides is 1. The van der Waals surface area contributed by atoms with E-state index in [1.54, 1.807) is 0 Å². The predicted molar refractivity (Wildman–Crippen MR) is 154 cm³/mol. The van der Waals surface area contributed by atoms with Crippen molar-refractivity contribution >= 4 is 53.9 Å². The van der Waals surface area contributed by atoms with Crippen LogP contribution >= 0.6 is 11.3 Å². The van der Waals surface area contributed by atoms with Crippen molar-refractivity contribution in [2.45, 2.75) is 27.0 Å². The average molecular weight is 643 g/mol. The molecule has 0 saturated heterocycles. The fourth-order valence-corrected chi connectivity index (χ4v) is 8.20. The highest BCUT2D eigenvalue weighted by Crippen LogP contribution is 2.30. The van der Waals surface area contributed by atoms with E-state index in [2.05, 4.69) is 10.3 Å². The van der Waals surface area contributed by atoms with E-state index >= 15 is 0 Å². The van der Waals surface area contributed by atoms with Crippen molar-refractivity contribution in [2.75, 3.05) is 18.5 Å². The van der Waals surface area contributed by atoms with Crippen LogP contribution in [0.25, 0.3) is 0 Å². The zero-order valence-corrected chi connectivity index (χ0v) is 24.5. The number of carbonyl (C=O) groups is 2. The van der Waals surface area contributed by atoms with Crippen LogP contribution in [0.4, 0.5) is 10.8 Å². The number of ether oxygens (including phenoxy) is 1. The van der Waals surface area contributed by atoms with Gasteiger partial charge < -0.3 is 4.74 Å². The van der Waals surface area contributed by atoms with Gasteiger partial charge in [0, 0.05) is 25.2 Å². The molecular weight excluding hydrogens is 621 g/mol. The number of nitrogens with one attached hydrogen (secondary N) is 1. The van der Waals surface area contributed by atoms with Crippen molar-refractivity contribution in [1.82, 2.24) is 9.29 Å². The smallest absolute Gasteiger partial charge is 0.338 e. The van der Waals surface area contributed by atoms with Gasteiger partial charge in [-0.1, -0.05) is 41.7 Å². The van der Waals surface area contributed by atoms with E-state index in [9.17, 15) is 36.5 Å². The lowest BCUT2D eigenvalue weighted by Crippen LogP contribution is -2.36. The van der Waals surface area contributed by atoms with Gasteiger partial charge in [-0.2, -0.15) is 4.31 Å². The largest absolute Gasteiger partial charge is 0.452 e. The summed E-state index contributed by atoms with van der Waals surface area (Å²) in [4.78, 5) is 38.7. The Morgan fingerprint density at radius 3 is 2.42 bits per heavy atom. The van der Waals surface area contributed by atoms with Crippen LogP contribution in [-0.4, -0.2) is 56.1 Å². The maximum absolute atomic E-state index is 13.3. The molecule has 0 bridgehead atoms. The molecule has 1 aliphatic rings. The lowest BCUT2D eigenvalue weighted by molar-refractivity contribution is -0.384. The first kappa shape index (κ1) is 30.0. The summed E-state index contributed by atoms with van der Waals surface area (Å²) < 4.78 is 58.4. The van der Waals surface area contributed by atoms with Crippen LogP contribution in [0.15, 0.2) is 93.0 Å². The molecule has 13 nitrogen and oxygen atoms in total. The average Bonchev–Trinajstić information content (AvgIpc) is 3.49. The Labute approximate surface area is 249 Å². The number of sulfonamides is 1. The van der Waals surface area contributed by atoms with Crippen molar-refractivity contribution < 1.29 is 36.1 Å². The number of carbonyl (C=O) groups excluding carboxylic acids is 2. The highest BCUT2D eigenvalue weighted by molar-refractivity contribution is 7.93. The highest BCUT2D eigenvalue weighted by atomic mass is 32.2. The van der Waals surface area contributed by atoms with Crippen LogP contribution in [0.5, 0.6) is 0 Å². The molecule has 16 heteroatoms. The van der Waals surface area contributed by atoms with Crippen molar-refractivity contribution in [2.24, 2.45) is 0 Å². The molecule has 0 radical (unpaired) electrons. The van der Waals surface area contributed by atoms with Gasteiger partial charge in [0.25, 0.3) is 11.6 Å². The van der Waals surface area contributed by atoms with Crippen molar-refractivity contribution in [1.29, 1.82) is 0 Å². The molecule has 0 unspecified atom stereocenters. The number of hydrogen-bond donors (Lipinski definition) is 1. The van der Waals surface area contributed by atoms with Crippen LogP contribution < -0.4 is 5.32 Å². The number of thiazole rings is 1. The first-order valence-corrected chi connectivity index (χ1v) is 16.3. The Bertz CT molecular complexity index is 1940. The maximum Gasteiger partial charge on any atom is 0.338 e. The molecule has 43 heavy (non-hydrogen) atoms. The summed E-state index contributed by atoms with van der Waals surface area (Å²) in [6.07, 6.45) is 1.59. The van der Waals surface area contributed by atoms with E-state index in [1.807, 2.05) is 24.3 Å². The standard InChI is InChI=1S/C27H22N4O9S3/c32-24(29-27-28-15-25(41-27)42(36,37)22-10-8-21(9-11-22)31(34)35)17-40-26(33)19-6-3-7-23(14-19)43(38,39)30-13-12-18-4-1-2-5-20(18)16-30/h1-11,14-15H,12-13,16-17H2,(H,28,29,32). The van der Waals surface area contributed by atoms with Crippen LogP contribution in [-0.2, 0) is 42.4 Å². The minimum atomic E-state index is -4.05. The third kappa shape index (κ3) is 6.46. The summed E-state index contributed by atoms with van der Waals surface area (Å²) in [6.45, 7) is -0.244. The zero-order chi connectivity index (χ0) is 30.8. The number of aromatic nitrogens is 1. The highest BCUT2D eigenvalue weighted by Gasteiger charge is 2.29. The molecule has 222 valence electrons. The second-order valence-corrected chi connectivity index (χ2v) is 14.4. The molecule has 0 aliphatic carbocycles. The number of nitrogens with zero attached hydrogens (tertiary/aromatic N) is 3. The SMILES string of the molecule is O=C(COC(=O)c1cccc(S(=O)(=O)N2CCc3ccccc3C2)c1)Nc1ncc(S(=O)(=O)c2ccc([N+](=O)[O-])cc2)s1. The van der Waals surface area contributed by atoms with Gasteiger partial charge >= 0.3 is 5.97 Å². The number of nitro groups is 1. The summed E-state index contributed by atoms with van der Waals surface area (Å²) in [6, 6.07) is 17.2. The second-order valence-electron chi connectivity index (χ2n) is 9.25. The maximum atomic E-state index is 13.3. The van der Waals surface area contributed by atoms with E-state index in [-0.39, 0.29) is 36.9 Å². The van der Waals surface area contributed by atoms with Crippen molar-refractivity contribution in [3.63, 3.8) is 0 Å². The Morgan fingerprint density at radius 1 is 0.977 bits per heavy atom. The molecule has 0 spiro atoms. The summed E-state index contributed by atoms with van der Waals surface area (Å²) in [5, 5.41) is 13.1. The third-order valence-electron chi connectivity index (χ3n) is 6.49. The summed E-state index contributed by atoms with van der Waals surface area (Å²) >= 11 is 0.641. The number of esters is 1. The zero-order valence-electron chi connectivity index (χ0n) is 22.1. The summed E-state index contributed by atoms with van der Waals surface area (Å²) in [5.74, 6) is -1.74. The van der Waals surface area contributed by atoms with Crippen molar-refractivity contribution in [3.05, 3.63) is 106 Å². The first-order valence-electron chi connectivity index (χ1n) is 12.5. The Hall–Kier alpha value is -4.51. The molecule has 1 aromatic heterocycles. The molecule has 4 aromatic rings. The van der Waals surface area contributed by atoms with Crippen molar-refractivity contribution in [3.8, 4) is 0 Å². The van der Waals surface area contributed by atoms with Gasteiger partial charge in [-0.25, -0.2) is 26.6 Å². The van der Waals surface area contributed by atoms with Crippen LogP contribution in [0, 0.1) is 10.1 Å². The molecule has 1 amide bonds. The van der Waals surface area contributed by atoms with E-state index in [4.69, 9.17) is 4.74 Å². The molecule has 1 aliphatic heterocycles. The minimum Gasteiger partial charge on any atom is -0.452 e. The third-order valence-corrected chi connectivity index (χ3v) is 11.5. The lowest BCUT2D eigenvalue weighted by Gasteiger charge is -2.28. The Balaban J connectivity index is 1.19. The van der Waals surface area contributed by atoms with E-state index in [0.717, 1.165) is 41.6 Å². The Kier molecular flexibility index (Phi) is 8.36. The molecule has 0 atom stereocenters. The van der Waals surface area contributed by atoms with Crippen LogP contribution in [0.3, 0.4) is 0 Å². The van der Waals surface area contributed by atoms with Crippen LogP contribution in [0.2, 0.25) is 0 Å². The van der Waals surface area contributed by atoms with Gasteiger partial charge in [0.15, 0.2) is 11.7 Å². The minimum absolute atomic E-state index is 0.0722. The molecule has 0 fully saturated rings. The van der Waals surface area contributed by atoms with Gasteiger partial charge in [-0.15, -0.1) is 0 Å². The fraction of sp³-hybridized carbons (Fsp3) is 0.148.